The van der Waals surface area contributed by atoms with Crippen LogP contribution in [-0.4, -0.2) is 30.6 Å². The van der Waals surface area contributed by atoms with Crippen molar-refractivity contribution in [1.82, 2.24) is 10.2 Å². The molecule has 3 nitrogen and oxygen atoms in total. The summed E-state index contributed by atoms with van der Waals surface area (Å²) < 4.78 is 0. The molecule has 1 heterocycles. The molecule has 1 saturated heterocycles. The van der Waals surface area contributed by atoms with Crippen molar-refractivity contribution in [3.8, 4) is 0 Å². The van der Waals surface area contributed by atoms with Crippen LogP contribution in [0.5, 0.6) is 0 Å². The van der Waals surface area contributed by atoms with Crippen LogP contribution >= 0.6 is 0 Å². The minimum Gasteiger partial charge on any atom is -0.337 e. The Bertz CT molecular complexity index is 442. The number of amides is 2. The topological polar surface area (TPSA) is 32.3 Å². The van der Waals surface area contributed by atoms with Crippen LogP contribution < -0.4 is 5.32 Å². The molecule has 0 saturated carbocycles. The van der Waals surface area contributed by atoms with Crippen molar-refractivity contribution in [3.63, 3.8) is 0 Å². The summed E-state index contributed by atoms with van der Waals surface area (Å²) in [5.74, 6) is 0.622. The molecule has 1 aromatic rings. The van der Waals surface area contributed by atoms with E-state index in [0.717, 1.165) is 19.5 Å². The summed E-state index contributed by atoms with van der Waals surface area (Å²) in [6.07, 6.45) is 2.36. The number of hydrogen-bond acceptors (Lipinski definition) is 1. The SMILES string of the molecule is CC1CCCN(C(=O)NCC(C)(C)c2ccccc2)C1. The molecular weight excluding hydrogens is 248 g/mol. The number of nitrogens with one attached hydrogen (secondary N) is 1. The summed E-state index contributed by atoms with van der Waals surface area (Å²) in [4.78, 5) is 14.2. The van der Waals surface area contributed by atoms with Crippen LogP contribution in [0, 0.1) is 5.92 Å². The summed E-state index contributed by atoms with van der Waals surface area (Å²) >= 11 is 0. The Balaban J connectivity index is 1.89. The van der Waals surface area contributed by atoms with Crippen LogP contribution in [0.2, 0.25) is 0 Å². The lowest BCUT2D eigenvalue weighted by Gasteiger charge is -2.33. The summed E-state index contributed by atoms with van der Waals surface area (Å²) in [6, 6.07) is 10.4. The van der Waals surface area contributed by atoms with Crippen LogP contribution in [-0.2, 0) is 5.41 Å². The van der Waals surface area contributed by atoms with E-state index in [-0.39, 0.29) is 11.4 Å². The van der Waals surface area contributed by atoms with E-state index in [2.05, 4.69) is 38.2 Å². The third kappa shape index (κ3) is 3.75. The average molecular weight is 274 g/mol. The maximum atomic E-state index is 12.2. The molecule has 20 heavy (non-hydrogen) atoms. The number of hydrogen-bond donors (Lipinski definition) is 1. The smallest absolute Gasteiger partial charge is 0.317 e. The van der Waals surface area contributed by atoms with Crippen molar-refractivity contribution < 1.29 is 4.79 Å². The van der Waals surface area contributed by atoms with Crippen LogP contribution in [0.4, 0.5) is 4.79 Å². The van der Waals surface area contributed by atoms with Crippen LogP contribution in [0.1, 0.15) is 39.2 Å². The molecule has 1 fully saturated rings. The first-order chi connectivity index (χ1) is 9.49. The Hall–Kier alpha value is -1.51. The zero-order valence-corrected chi connectivity index (χ0v) is 12.9. The largest absolute Gasteiger partial charge is 0.337 e. The van der Waals surface area contributed by atoms with Gasteiger partial charge in [-0.15, -0.1) is 0 Å². The van der Waals surface area contributed by atoms with Crippen LogP contribution in [0.25, 0.3) is 0 Å². The molecule has 1 aromatic carbocycles. The summed E-state index contributed by atoms with van der Waals surface area (Å²) in [7, 11) is 0. The predicted octanol–water partition coefficient (Wildman–Crippen LogP) is 3.41. The van der Waals surface area contributed by atoms with E-state index in [1.807, 2.05) is 23.1 Å². The molecule has 110 valence electrons. The second-order valence-electron chi connectivity index (χ2n) is 6.60. The lowest BCUT2D eigenvalue weighted by molar-refractivity contribution is 0.168. The van der Waals surface area contributed by atoms with E-state index in [0.29, 0.717) is 12.5 Å². The Morgan fingerprint density at radius 3 is 2.70 bits per heavy atom. The van der Waals surface area contributed by atoms with Gasteiger partial charge < -0.3 is 10.2 Å². The number of piperidine rings is 1. The number of rotatable bonds is 3. The number of nitrogens with zero attached hydrogens (tertiary/aromatic N) is 1. The van der Waals surface area contributed by atoms with Gasteiger partial charge in [0.15, 0.2) is 0 Å². The van der Waals surface area contributed by atoms with Crippen LogP contribution in [0.3, 0.4) is 0 Å². The molecular formula is C17H26N2O. The molecule has 0 bridgehead atoms. The maximum absolute atomic E-state index is 12.2. The van der Waals surface area contributed by atoms with E-state index in [9.17, 15) is 4.79 Å². The van der Waals surface area contributed by atoms with E-state index >= 15 is 0 Å². The Labute approximate surface area is 122 Å². The molecule has 1 unspecified atom stereocenters. The van der Waals surface area contributed by atoms with Crippen molar-refractivity contribution in [2.24, 2.45) is 5.92 Å². The lowest BCUT2D eigenvalue weighted by atomic mass is 9.85. The first kappa shape index (κ1) is 14.9. The van der Waals surface area contributed by atoms with Gasteiger partial charge in [0.2, 0.25) is 0 Å². The average Bonchev–Trinajstić information content (AvgIpc) is 2.46. The first-order valence-corrected chi connectivity index (χ1v) is 7.57. The number of urea groups is 1. The molecule has 0 spiro atoms. The van der Waals surface area contributed by atoms with Gasteiger partial charge in [0.05, 0.1) is 0 Å². The van der Waals surface area contributed by atoms with Gasteiger partial charge in [-0.25, -0.2) is 4.79 Å². The Morgan fingerprint density at radius 1 is 1.35 bits per heavy atom. The van der Waals surface area contributed by atoms with Gasteiger partial charge in [-0.1, -0.05) is 51.1 Å². The van der Waals surface area contributed by atoms with Gasteiger partial charge in [-0.3, -0.25) is 0 Å². The summed E-state index contributed by atoms with van der Waals surface area (Å²) in [6.45, 7) is 9.00. The molecule has 0 aliphatic carbocycles. The zero-order chi connectivity index (χ0) is 14.6. The fraction of sp³-hybridized carbons (Fsp3) is 0.588. The minimum atomic E-state index is -0.0433. The monoisotopic (exact) mass is 274 g/mol. The van der Waals surface area contributed by atoms with Crippen molar-refractivity contribution in [1.29, 1.82) is 0 Å². The van der Waals surface area contributed by atoms with E-state index in [4.69, 9.17) is 0 Å². The quantitative estimate of drug-likeness (QED) is 0.900. The highest BCUT2D eigenvalue weighted by atomic mass is 16.2. The second-order valence-corrected chi connectivity index (χ2v) is 6.60. The molecule has 2 amide bonds. The van der Waals surface area contributed by atoms with Gasteiger partial charge in [-0.05, 0) is 24.3 Å². The van der Waals surface area contributed by atoms with Crippen LogP contribution in [0.15, 0.2) is 30.3 Å². The van der Waals surface area contributed by atoms with E-state index < -0.39 is 0 Å². The number of carbonyl (C=O) groups is 1. The van der Waals surface area contributed by atoms with Crippen molar-refractivity contribution in [3.05, 3.63) is 35.9 Å². The maximum Gasteiger partial charge on any atom is 0.317 e. The fourth-order valence-electron chi connectivity index (χ4n) is 2.77. The molecule has 1 aliphatic heterocycles. The second kappa shape index (κ2) is 6.29. The van der Waals surface area contributed by atoms with E-state index in [1.165, 1.54) is 12.0 Å². The van der Waals surface area contributed by atoms with Crippen molar-refractivity contribution in [2.45, 2.75) is 39.0 Å². The molecule has 1 aliphatic rings. The molecule has 1 atom stereocenters. The van der Waals surface area contributed by atoms with Crippen molar-refractivity contribution in [2.75, 3.05) is 19.6 Å². The first-order valence-electron chi connectivity index (χ1n) is 7.57. The van der Waals surface area contributed by atoms with Gasteiger partial charge >= 0.3 is 6.03 Å². The number of benzene rings is 1. The normalized spacial score (nSPS) is 19.8. The van der Waals surface area contributed by atoms with Crippen molar-refractivity contribution >= 4 is 6.03 Å². The minimum absolute atomic E-state index is 0.0433. The Morgan fingerprint density at radius 2 is 2.05 bits per heavy atom. The number of carbonyl (C=O) groups excluding carboxylic acids is 1. The standard InChI is InChI=1S/C17H26N2O/c1-14-8-7-11-19(12-14)16(20)18-13-17(2,3)15-9-5-4-6-10-15/h4-6,9-10,14H,7-8,11-13H2,1-3H3,(H,18,20). The highest BCUT2D eigenvalue weighted by molar-refractivity contribution is 5.74. The molecule has 2 rings (SSSR count). The fourth-order valence-corrected chi connectivity index (χ4v) is 2.77. The van der Waals surface area contributed by atoms with Gasteiger partial charge in [-0.2, -0.15) is 0 Å². The molecule has 0 radical (unpaired) electrons. The summed E-state index contributed by atoms with van der Waals surface area (Å²) in [5, 5.41) is 3.10. The van der Waals surface area contributed by atoms with Gasteiger partial charge in [0.1, 0.15) is 0 Å². The zero-order valence-electron chi connectivity index (χ0n) is 12.9. The Kier molecular flexibility index (Phi) is 4.69. The lowest BCUT2D eigenvalue weighted by Crippen LogP contribution is -2.48. The highest BCUT2D eigenvalue weighted by Crippen LogP contribution is 2.22. The summed E-state index contributed by atoms with van der Waals surface area (Å²) in [5.41, 5.74) is 1.21. The number of likely N-dealkylation sites (tertiary alicyclic amines) is 1. The van der Waals surface area contributed by atoms with Gasteiger partial charge in [0.25, 0.3) is 0 Å². The molecule has 1 N–H and O–H groups in total. The molecule has 0 aromatic heterocycles. The van der Waals surface area contributed by atoms with Gasteiger partial charge in [0, 0.05) is 25.0 Å². The van der Waals surface area contributed by atoms with E-state index in [1.54, 1.807) is 0 Å². The third-order valence-corrected chi connectivity index (χ3v) is 4.18. The third-order valence-electron chi connectivity index (χ3n) is 4.18. The highest BCUT2D eigenvalue weighted by Gasteiger charge is 2.24. The molecule has 3 heteroatoms. The predicted molar refractivity (Wildman–Crippen MR) is 82.8 cm³/mol.